The Morgan fingerprint density at radius 1 is 0.547 bits per heavy atom. The van der Waals surface area contributed by atoms with E-state index in [1.54, 1.807) is 3.28 Å². The van der Waals surface area contributed by atoms with Gasteiger partial charge in [0.05, 0.1) is 0 Å². The monoisotopic (exact) mass is 826 g/mol. The molecular formula is C50H66Cl2Zr. The van der Waals surface area contributed by atoms with Crippen molar-refractivity contribution in [2.75, 3.05) is 0 Å². The molecule has 6 rings (SSSR count). The number of halogens is 2. The second-order valence-electron chi connectivity index (χ2n) is 20.4. The van der Waals surface area contributed by atoms with Gasteiger partial charge in [-0.15, -0.1) is 24.8 Å². The summed E-state index contributed by atoms with van der Waals surface area (Å²) in [5, 5.41) is 0. The van der Waals surface area contributed by atoms with Crippen LogP contribution in [0.15, 0.2) is 99.4 Å². The van der Waals surface area contributed by atoms with E-state index in [9.17, 15) is 0 Å². The van der Waals surface area contributed by atoms with Gasteiger partial charge in [0.15, 0.2) is 0 Å². The third-order valence-electron chi connectivity index (χ3n) is 12.7. The van der Waals surface area contributed by atoms with Crippen LogP contribution in [0.1, 0.15) is 137 Å². The third-order valence-corrected chi connectivity index (χ3v) is 29.6. The molecule has 0 bridgehead atoms. The van der Waals surface area contributed by atoms with Gasteiger partial charge >= 0.3 is 314 Å². The molecule has 1 unspecified atom stereocenters. The molecule has 0 heterocycles. The molecule has 0 saturated heterocycles. The zero-order chi connectivity index (χ0) is 37.7. The van der Waals surface area contributed by atoms with E-state index in [1.807, 2.05) is 0 Å². The Hall–Kier alpha value is -2.31. The van der Waals surface area contributed by atoms with Crippen LogP contribution in [0.25, 0.3) is 11.1 Å². The Kier molecular flexibility index (Phi) is 11.5. The van der Waals surface area contributed by atoms with Crippen molar-refractivity contribution in [2.24, 2.45) is 5.92 Å². The van der Waals surface area contributed by atoms with Crippen LogP contribution in [0.3, 0.4) is 0 Å². The van der Waals surface area contributed by atoms with Crippen LogP contribution in [-0.4, -0.2) is 4.21 Å². The van der Waals surface area contributed by atoms with Gasteiger partial charge in [-0.3, -0.25) is 0 Å². The number of allylic oxidation sites excluding steroid dienone is 4. The quantitative estimate of drug-likeness (QED) is 0.169. The number of rotatable bonds is 4. The van der Waals surface area contributed by atoms with Crippen molar-refractivity contribution in [3.8, 4) is 11.1 Å². The van der Waals surface area contributed by atoms with E-state index in [-0.39, 0.29) is 46.5 Å². The topological polar surface area (TPSA) is 0 Å². The molecule has 2 aliphatic rings. The number of hydrogen-bond acceptors (Lipinski definition) is 0. The Labute approximate surface area is 336 Å². The van der Waals surface area contributed by atoms with Crippen molar-refractivity contribution < 1.29 is 18.3 Å². The normalized spacial score (nSPS) is 16.5. The van der Waals surface area contributed by atoms with Crippen LogP contribution in [0.5, 0.6) is 0 Å². The minimum absolute atomic E-state index is 0. The standard InChI is InChI=1S/C21H25.2C10H13.C8H11.CH2.2ClH.Zr/c1-20(2,3)16-9-7-14-11-15-8-10-17(21(4,5)6)13-19(15)18(14)12-16;2*1-10(2,3)9-7-5-4-6-8-9;1-6-4-7(2)8(3)5-6;;;;/h7,9-10,12-13H,11H2,1-6H3;2*5-8H,1-3H3;4,6H,1-3H3;1H2;2*1H;. The molecule has 0 amide bonds. The second-order valence-corrected chi connectivity index (χ2v) is 33.0. The summed E-state index contributed by atoms with van der Waals surface area (Å²) in [5.41, 5.74) is 14.3. The summed E-state index contributed by atoms with van der Waals surface area (Å²) in [5.74, 6) is 0.294. The predicted octanol–water partition coefficient (Wildman–Crippen LogP) is 12.6. The van der Waals surface area contributed by atoms with Crippen LogP contribution < -0.4 is 9.81 Å². The van der Waals surface area contributed by atoms with E-state index in [1.165, 1.54) is 65.5 Å². The Bertz CT molecular complexity index is 2100. The fourth-order valence-electron chi connectivity index (χ4n) is 9.33. The van der Waals surface area contributed by atoms with Gasteiger partial charge in [0, 0.05) is 0 Å². The Morgan fingerprint density at radius 2 is 0.962 bits per heavy atom. The molecule has 4 aromatic rings. The Morgan fingerprint density at radius 3 is 1.36 bits per heavy atom. The summed E-state index contributed by atoms with van der Waals surface area (Å²) in [7, 11) is 0. The average molecular weight is 829 g/mol. The summed E-state index contributed by atoms with van der Waals surface area (Å²) in [6.07, 6.45) is 3.47. The van der Waals surface area contributed by atoms with Crippen LogP contribution in [0, 0.1) is 5.92 Å². The maximum absolute atomic E-state index is 5.95. The number of hydrogen-bond donors (Lipinski definition) is 0. The van der Waals surface area contributed by atoms with Gasteiger partial charge in [-0.25, -0.2) is 0 Å². The molecule has 284 valence electrons. The first-order valence-electron chi connectivity index (χ1n) is 19.3. The van der Waals surface area contributed by atoms with Crippen molar-refractivity contribution in [3.05, 3.63) is 133 Å². The van der Waals surface area contributed by atoms with Gasteiger partial charge in [0.2, 0.25) is 0 Å². The second kappa shape index (κ2) is 14.0. The predicted molar refractivity (Wildman–Crippen MR) is 239 cm³/mol. The molecule has 4 aromatic carbocycles. The molecule has 0 aromatic heterocycles. The van der Waals surface area contributed by atoms with E-state index in [0.29, 0.717) is 5.92 Å². The molecule has 0 spiro atoms. The molecule has 0 radical (unpaired) electrons. The van der Waals surface area contributed by atoms with Crippen LogP contribution in [0.2, 0.25) is 0 Å². The van der Waals surface area contributed by atoms with Crippen molar-refractivity contribution in [3.63, 3.8) is 0 Å². The molecule has 2 aliphatic carbocycles. The van der Waals surface area contributed by atoms with Crippen LogP contribution >= 0.6 is 24.8 Å². The summed E-state index contributed by atoms with van der Waals surface area (Å²) < 4.78 is 12.0. The van der Waals surface area contributed by atoms with E-state index in [4.69, 9.17) is 4.21 Å². The first kappa shape index (κ1) is 43.4. The third kappa shape index (κ3) is 7.04. The minimum atomic E-state index is -5.08. The number of benzene rings is 4. The molecule has 0 N–H and O–H groups in total. The Balaban J connectivity index is 0.00000314. The molecule has 0 aliphatic heterocycles. The maximum atomic E-state index is 5.95. The zero-order valence-electron chi connectivity index (χ0n) is 35.4. The van der Waals surface area contributed by atoms with Crippen molar-refractivity contribution in [1.29, 1.82) is 0 Å². The van der Waals surface area contributed by atoms with Crippen molar-refractivity contribution in [1.82, 2.24) is 0 Å². The van der Waals surface area contributed by atoms with Gasteiger partial charge in [0.1, 0.15) is 0 Å². The molecule has 1 atom stereocenters. The summed E-state index contributed by atoms with van der Waals surface area (Å²) in [4.78, 5) is 0. The van der Waals surface area contributed by atoms with Crippen LogP contribution in [0.4, 0.5) is 0 Å². The molecule has 53 heavy (non-hydrogen) atoms. The van der Waals surface area contributed by atoms with Gasteiger partial charge in [0.25, 0.3) is 0 Å². The van der Waals surface area contributed by atoms with E-state index in [0.717, 1.165) is 6.42 Å². The fourth-order valence-corrected chi connectivity index (χ4v) is 26.9. The zero-order valence-corrected chi connectivity index (χ0v) is 39.5. The summed E-state index contributed by atoms with van der Waals surface area (Å²) >= 11 is -5.08. The van der Waals surface area contributed by atoms with Crippen LogP contribution in [-0.2, 0) is 46.4 Å². The fraction of sp³-hybridized carbons (Fsp3) is 0.420. The van der Waals surface area contributed by atoms with Crippen molar-refractivity contribution >= 4 is 38.8 Å². The first-order valence-corrected chi connectivity index (χ1v) is 26.0. The molecule has 3 heteroatoms. The van der Waals surface area contributed by atoms with E-state index < -0.39 is 18.3 Å². The van der Waals surface area contributed by atoms with Gasteiger partial charge < -0.3 is 0 Å². The molecular weight excluding hydrogens is 763 g/mol. The SMILES string of the molecule is Cl.Cl.[CH2]=[Zr]([C]1=C(C)C(C)=CC1C)([c]1ccc(C(C)(C)C)cc1)([c]1ccc(C(C)(C)C)cc1)[c]1cc(C(C)(C)C)cc2c1Cc1ccc(C(C)(C)C)cc1-2. The summed E-state index contributed by atoms with van der Waals surface area (Å²) in [6.45, 7) is 35.3. The molecule has 0 fully saturated rings. The van der Waals surface area contributed by atoms with Crippen molar-refractivity contribution in [2.45, 2.75) is 132 Å². The van der Waals surface area contributed by atoms with E-state index >= 15 is 0 Å². The summed E-state index contributed by atoms with van der Waals surface area (Å²) in [6, 6.07) is 32.2. The molecule has 0 nitrogen and oxygen atoms in total. The van der Waals surface area contributed by atoms with Gasteiger partial charge in [-0.05, 0) is 0 Å². The number of fused-ring (bicyclic) bond motifs is 3. The molecule has 0 saturated carbocycles. The first-order chi connectivity index (χ1) is 23.4. The van der Waals surface area contributed by atoms with Gasteiger partial charge in [-0.1, -0.05) is 0 Å². The average Bonchev–Trinajstić information content (AvgIpc) is 3.53. The van der Waals surface area contributed by atoms with E-state index in [2.05, 4.69) is 189 Å². The van der Waals surface area contributed by atoms with Gasteiger partial charge in [-0.2, -0.15) is 0 Å².